The molecular formula is C14H18F3NO2S. The molecule has 0 aliphatic rings. The van der Waals surface area contributed by atoms with Crippen LogP contribution in [0.4, 0.5) is 18.9 Å². The molecule has 0 saturated carbocycles. The van der Waals surface area contributed by atoms with Crippen LogP contribution in [0.3, 0.4) is 0 Å². The van der Waals surface area contributed by atoms with Crippen LogP contribution in [0.1, 0.15) is 25.0 Å². The molecule has 1 aromatic rings. The molecule has 1 aromatic carbocycles. The Kier molecular flexibility index (Phi) is 5.69. The number of amides is 1. The fraction of sp³-hybridized carbons (Fsp3) is 0.500. The molecule has 1 N–H and O–H groups in total. The second-order valence-corrected chi connectivity index (χ2v) is 6.60. The zero-order chi connectivity index (χ0) is 16.4. The van der Waals surface area contributed by atoms with Crippen LogP contribution in [0, 0.1) is 19.8 Å². The lowest BCUT2D eigenvalue weighted by Gasteiger charge is -2.17. The fourth-order valence-electron chi connectivity index (χ4n) is 1.72. The maximum atomic E-state index is 12.4. The summed E-state index contributed by atoms with van der Waals surface area (Å²) < 4.78 is 48.9. The van der Waals surface area contributed by atoms with Gasteiger partial charge in [0, 0.05) is 23.2 Å². The first-order valence-corrected chi connectivity index (χ1v) is 7.70. The number of carbonyl (C=O) groups is 1. The molecule has 1 atom stereocenters. The number of rotatable bonds is 4. The molecule has 118 valence electrons. The number of nitrogens with one attached hydrogen (secondary N) is 1. The van der Waals surface area contributed by atoms with E-state index in [1.807, 2.05) is 0 Å². The van der Waals surface area contributed by atoms with E-state index in [9.17, 15) is 22.5 Å². The molecule has 7 heteroatoms. The summed E-state index contributed by atoms with van der Waals surface area (Å²) in [5, 5.41) is 2.64. The van der Waals surface area contributed by atoms with Crippen molar-refractivity contribution in [3.05, 3.63) is 23.3 Å². The summed E-state index contributed by atoms with van der Waals surface area (Å²) in [5.41, 5.74) is 1.62. The second kappa shape index (κ2) is 6.70. The number of aryl methyl sites for hydroxylation is 2. The number of hydrogen-bond donors (Lipinski definition) is 1. The van der Waals surface area contributed by atoms with Crippen LogP contribution < -0.4 is 5.32 Å². The Morgan fingerprint density at radius 1 is 1.29 bits per heavy atom. The van der Waals surface area contributed by atoms with Crippen LogP contribution in [-0.4, -0.2) is 22.4 Å². The number of alkyl halides is 3. The number of benzene rings is 1. The van der Waals surface area contributed by atoms with E-state index in [0.29, 0.717) is 16.8 Å². The minimum Gasteiger partial charge on any atom is -0.611 e. The van der Waals surface area contributed by atoms with Gasteiger partial charge in [0.15, 0.2) is 4.90 Å². The van der Waals surface area contributed by atoms with Gasteiger partial charge < -0.3 is 9.87 Å². The zero-order valence-corrected chi connectivity index (χ0v) is 13.1. The number of anilines is 1. The number of carbonyl (C=O) groups excluding carboxylic acids is 1. The smallest absolute Gasteiger partial charge is 0.433 e. The van der Waals surface area contributed by atoms with E-state index < -0.39 is 23.1 Å². The Morgan fingerprint density at radius 3 is 2.33 bits per heavy atom. The Balaban J connectivity index is 3.08. The molecule has 0 heterocycles. The van der Waals surface area contributed by atoms with Crippen LogP contribution in [0.25, 0.3) is 0 Å². The lowest BCUT2D eigenvalue weighted by molar-refractivity contribution is -0.119. The van der Waals surface area contributed by atoms with Crippen molar-refractivity contribution in [3.8, 4) is 0 Å². The first-order chi connectivity index (χ1) is 9.51. The van der Waals surface area contributed by atoms with Gasteiger partial charge in [-0.1, -0.05) is 13.8 Å². The van der Waals surface area contributed by atoms with Gasteiger partial charge in [0.05, 0.1) is 0 Å². The van der Waals surface area contributed by atoms with Crippen molar-refractivity contribution in [2.75, 3.05) is 11.1 Å². The van der Waals surface area contributed by atoms with Gasteiger partial charge >= 0.3 is 6.18 Å². The molecule has 1 amide bonds. The predicted molar refractivity (Wildman–Crippen MR) is 76.7 cm³/mol. The maximum absolute atomic E-state index is 12.4. The SMILES string of the molecule is Cc1cc(C)c([S+]([O-])CC(F)(F)F)cc1NC(=O)C(C)C. The van der Waals surface area contributed by atoms with Crippen molar-refractivity contribution in [1.29, 1.82) is 0 Å². The minimum atomic E-state index is -4.50. The summed E-state index contributed by atoms with van der Waals surface area (Å²) in [4.78, 5) is 11.8. The number of halogens is 3. The van der Waals surface area contributed by atoms with Crippen molar-refractivity contribution in [1.82, 2.24) is 0 Å². The molecule has 1 unspecified atom stereocenters. The Morgan fingerprint density at radius 2 is 1.86 bits per heavy atom. The van der Waals surface area contributed by atoms with Gasteiger partial charge in [-0.3, -0.25) is 4.79 Å². The fourth-order valence-corrected chi connectivity index (χ4v) is 2.84. The molecule has 0 fully saturated rings. The average Bonchev–Trinajstić information content (AvgIpc) is 2.29. The Labute approximate surface area is 125 Å². The van der Waals surface area contributed by atoms with E-state index in [4.69, 9.17) is 0 Å². The van der Waals surface area contributed by atoms with Gasteiger partial charge in [0.2, 0.25) is 11.7 Å². The molecule has 0 bridgehead atoms. The number of hydrogen-bond acceptors (Lipinski definition) is 2. The van der Waals surface area contributed by atoms with Gasteiger partial charge in [-0.25, -0.2) is 0 Å². The predicted octanol–water partition coefficient (Wildman–Crippen LogP) is 3.57. The highest BCUT2D eigenvalue weighted by Crippen LogP contribution is 2.29. The van der Waals surface area contributed by atoms with Crippen LogP contribution in [-0.2, 0) is 16.0 Å². The van der Waals surface area contributed by atoms with E-state index in [1.54, 1.807) is 33.8 Å². The normalized spacial score (nSPS) is 13.4. The second-order valence-electron chi connectivity index (χ2n) is 5.18. The highest BCUT2D eigenvalue weighted by atomic mass is 32.2. The van der Waals surface area contributed by atoms with Crippen LogP contribution in [0.15, 0.2) is 17.0 Å². The van der Waals surface area contributed by atoms with E-state index in [1.165, 1.54) is 6.07 Å². The summed E-state index contributed by atoms with van der Waals surface area (Å²) in [5.74, 6) is -1.89. The molecule has 0 aliphatic carbocycles. The van der Waals surface area contributed by atoms with Crippen molar-refractivity contribution in [2.45, 2.75) is 38.8 Å². The molecule has 21 heavy (non-hydrogen) atoms. The average molecular weight is 321 g/mol. The Hall–Kier alpha value is -1.21. The summed E-state index contributed by atoms with van der Waals surface area (Å²) in [7, 11) is 0. The van der Waals surface area contributed by atoms with Crippen molar-refractivity contribution in [3.63, 3.8) is 0 Å². The first-order valence-electron chi connectivity index (χ1n) is 6.38. The maximum Gasteiger partial charge on any atom is 0.433 e. The minimum absolute atomic E-state index is 0.0944. The standard InChI is InChI=1S/C14H18F3NO2S/c1-8(2)13(19)18-11-6-12(10(4)5-9(11)3)21(20)7-14(15,16)17/h5-6,8H,7H2,1-4H3,(H,18,19). The van der Waals surface area contributed by atoms with Crippen molar-refractivity contribution >= 4 is 22.8 Å². The summed E-state index contributed by atoms with van der Waals surface area (Å²) in [6.07, 6.45) is -4.50. The summed E-state index contributed by atoms with van der Waals surface area (Å²) in [6.45, 7) is 6.76. The lowest BCUT2D eigenvalue weighted by atomic mass is 10.1. The van der Waals surface area contributed by atoms with Gasteiger partial charge in [0.25, 0.3) is 0 Å². The largest absolute Gasteiger partial charge is 0.611 e. The van der Waals surface area contributed by atoms with Gasteiger partial charge in [0.1, 0.15) is 0 Å². The van der Waals surface area contributed by atoms with Crippen molar-refractivity contribution in [2.24, 2.45) is 5.92 Å². The highest BCUT2D eigenvalue weighted by Gasteiger charge is 2.36. The molecule has 0 spiro atoms. The molecule has 1 rings (SSSR count). The molecule has 0 aliphatic heterocycles. The monoisotopic (exact) mass is 321 g/mol. The van der Waals surface area contributed by atoms with E-state index in [0.717, 1.165) is 0 Å². The zero-order valence-electron chi connectivity index (χ0n) is 12.3. The molecular weight excluding hydrogens is 303 g/mol. The van der Waals surface area contributed by atoms with Crippen LogP contribution in [0.2, 0.25) is 0 Å². The van der Waals surface area contributed by atoms with Gasteiger partial charge in [-0.2, -0.15) is 13.2 Å². The first kappa shape index (κ1) is 17.8. The van der Waals surface area contributed by atoms with Gasteiger partial charge in [-0.15, -0.1) is 0 Å². The Bertz CT molecular complexity index is 530. The van der Waals surface area contributed by atoms with Crippen LogP contribution >= 0.6 is 0 Å². The van der Waals surface area contributed by atoms with Gasteiger partial charge in [-0.05, 0) is 36.7 Å². The molecule has 0 radical (unpaired) electrons. The third kappa shape index (κ3) is 5.24. The van der Waals surface area contributed by atoms with E-state index >= 15 is 0 Å². The third-order valence-electron chi connectivity index (χ3n) is 2.84. The lowest BCUT2D eigenvalue weighted by Crippen LogP contribution is -2.24. The molecule has 3 nitrogen and oxygen atoms in total. The molecule has 0 saturated heterocycles. The topological polar surface area (TPSA) is 52.2 Å². The van der Waals surface area contributed by atoms with E-state index in [-0.39, 0.29) is 16.7 Å². The molecule has 0 aromatic heterocycles. The van der Waals surface area contributed by atoms with Crippen molar-refractivity contribution < 1.29 is 22.5 Å². The summed E-state index contributed by atoms with van der Waals surface area (Å²) in [6, 6.07) is 2.99. The highest BCUT2D eigenvalue weighted by molar-refractivity contribution is 7.91. The summed E-state index contributed by atoms with van der Waals surface area (Å²) >= 11 is -2.18. The quantitative estimate of drug-likeness (QED) is 0.862. The third-order valence-corrected chi connectivity index (χ3v) is 4.36. The van der Waals surface area contributed by atoms with E-state index in [2.05, 4.69) is 5.32 Å². The van der Waals surface area contributed by atoms with Crippen LogP contribution in [0.5, 0.6) is 0 Å².